The number of ether oxygens (including phenoxy) is 5. The summed E-state index contributed by atoms with van der Waals surface area (Å²) in [6, 6.07) is 11.6. The minimum absolute atomic E-state index is 0.00953. The minimum atomic E-state index is -1.57. The number of hydrogen-bond acceptors (Lipinski definition) is 9. The summed E-state index contributed by atoms with van der Waals surface area (Å²) < 4.78 is 28.7. The molecule has 0 fully saturated rings. The molecule has 0 radical (unpaired) electrons. The van der Waals surface area contributed by atoms with Crippen molar-refractivity contribution in [3.8, 4) is 45.6 Å². The van der Waals surface area contributed by atoms with Gasteiger partial charge in [0.05, 0.1) is 19.8 Å². The van der Waals surface area contributed by atoms with E-state index in [2.05, 4.69) is 0 Å². The number of methoxy groups -OCH3 is 2. The Morgan fingerprint density at radius 3 is 2.41 bits per heavy atom. The van der Waals surface area contributed by atoms with Crippen LogP contribution in [0.4, 0.5) is 0 Å². The number of esters is 1. The first-order valence-electron chi connectivity index (χ1n) is 11.8. The third-order valence-electron chi connectivity index (χ3n) is 7.20. The highest BCUT2D eigenvalue weighted by atomic mass is 16.7. The van der Waals surface area contributed by atoms with Crippen molar-refractivity contribution in [3.63, 3.8) is 0 Å². The number of hydrogen-bond donors (Lipinski definition) is 3. The Morgan fingerprint density at radius 2 is 1.73 bits per heavy atom. The molecular weight excluding hydrogens is 480 g/mol. The molecule has 2 aliphatic rings. The Labute approximate surface area is 213 Å². The minimum Gasteiger partial charge on any atom is -0.504 e. The van der Waals surface area contributed by atoms with Crippen LogP contribution in [0.25, 0.3) is 11.1 Å². The molecule has 0 saturated carbocycles. The van der Waals surface area contributed by atoms with Gasteiger partial charge in [-0.15, -0.1) is 0 Å². The predicted octanol–water partition coefficient (Wildman–Crippen LogP) is 4.35. The van der Waals surface area contributed by atoms with E-state index >= 15 is 0 Å². The van der Waals surface area contributed by atoms with Crippen LogP contribution in [0.1, 0.15) is 41.4 Å². The summed E-state index contributed by atoms with van der Waals surface area (Å²) in [4.78, 5) is 13.3. The van der Waals surface area contributed by atoms with Crippen molar-refractivity contribution in [2.24, 2.45) is 5.92 Å². The molecule has 0 spiro atoms. The number of aliphatic hydroxyl groups is 1. The molecule has 1 heterocycles. The first kappa shape index (κ1) is 24.6. The lowest BCUT2D eigenvalue weighted by molar-refractivity contribution is -0.107. The topological polar surface area (TPSA) is 124 Å². The lowest BCUT2D eigenvalue weighted by Crippen LogP contribution is -2.43. The molecular formula is C28H28O9. The van der Waals surface area contributed by atoms with Crippen LogP contribution in [0.5, 0.6) is 34.5 Å². The van der Waals surface area contributed by atoms with Gasteiger partial charge in [-0.25, -0.2) is 4.79 Å². The van der Waals surface area contributed by atoms with E-state index in [1.165, 1.54) is 20.3 Å². The molecule has 0 amide bonds. The number of benzene rings is 3. The van der Waals surface area contributed by atoms with E-state index in [9.17, 15) is 20.1 Å². The van der Waals surface area contributed by atoms with Crippen LogP contribution in [-0.4, -0.2) is 47.9 Å². The number of phenols is 2. The van der Waals surface area contributed by atoms with E-state index in [0.29, 0.717) is 39.3 Å². The van der Waals surface area contributed by atoms with E-state index < -0.39 is 29.3 Å². The summed E-state index contributed by atoms with van der Waals surface area (Å²) >= 11 is 0. The predicted molar refractivity (Wildman–Crippen MR) is 133 cm³/mol. The zero-order valence-corrected chi connectivity index (χ0v) is 20.9. The first-order valence-corrected chi connectivity index (χ1v) is 11.8. The van der Waals surface area contributed by atoms with Crippen molar-refractivity contribution in [3.05, 3.63) is 59.2 Å². The molecule has 9 heteroatoms. The number of carbonyl (C=O) groups excluding carboxylic acids is 1. The summed E-state index contributed by atoms with van der Waals surface area (Å²) in [5, 5.41) is 33.1. The molecule has 3 atom stereocenters. The van der Waals surface area contributed by atoms with Gasteiger partial charge in [0.25, 0.3) is 0 Å². The van der Waals surface area contributed by atoms with Crippen LogP contribution in [0.2, 0.25) is 0 Å². The van der Waals surface area contributed by atoms with Crippen LogP contribution >= 0.6 is 0 Å². The Hall–Kier alpha value is -4.11. The number of carbonyl (C=O) groups is 1. The molecule has 1 aliphatic heterocycles. The second-order valence-corrected chi connectivity index (χ2v) is 9.40. The van der Waals surface area contributed by atoms with Crippen molar-refractivity contribution in [2.75, 3.05) is 21.0 Å². The second-order valence-electron chi connectivity index (χ2n) is 9.40. The average molecular weight is 509 g/mol. The molecule has 9 nitrogen and oxygen atoms in total. The third-order valence-corrected chi connectivity index (χ3v) is 7.20. The smallest absolute Gasteiger partial charge is 0.338 e. The molecule has 0 aromatic heterocycles. The zero-order valence-electron chi connectivity index (χ0n) is 20.9. The van der Waals surface area contributed by atoms with Crippen LogP contribution in [0.15, 0.2) is 42.5 Å². The third kappa shape index (κ3) is 3.86. The van der Waals surface area contributed by atoms with Crippen molar-refractivity contribution in [1.82, 2.24) is 0 Å². The van der Waals surface area contributed by atoms with Crippen molar-refractivity contribution in [2.45, 2.75) is 32.0 Å². The SMILES string of the molecule is COc1c(O)c(O)cc2c1-c1c(cc3c(c1OC)OCO3)[C@H](OC(=O)c1ccccc1)[C@](C)(O)[C@H](C)C2. The Kier molecular flexibility index (Phi) is 6.03. The lowest BCUT2D eigenvalue weighted by Gasteiger charge is -2.41. The van der Waals surface area contributed by atoms with Crippen LogP contribution in [0.3, 0.4) is 0 Å². The molecule has 0 unspecified atom stereocenters. The highest BCUT2D eigenvalue weighted by molar-refractivity contribution is 5.91. The van der Waals surface area contributed by atoms with Gasteiger partial charge >= 0.3 is 5.97 Å². The quantitative estimate of drug-likeness (QED) is 0.348. The normalized spacial score (nSPS) is 21.8. The summed E-state index contributed by atoms with van der Waals surface area (Å²) in [6.45, 7) is 3.36. The standard InChI is InChI=1S/C28H28O9/c1-14-10-16-11-18(29)22(30)24(33-3)20(16)21-17(12-19-23(25(21)34-4)36-13-35-19)26(28(14,2)32)37-27(31)15-8-6-5-7-9-15/h5-9,11-12,14,26,29-30,32H,10,13H2,1-4H3/t14-,26+,28-/m1/s1. The van der Waals surface area contributed by atoms with E-state index in [1.54, 1.807) is 43.3 Å². The Morgan fingerprint density at radius 1 is 1.03 bits per heavy atom. The van der Waals surface area contributed by atoms with E-state index in [1.807, 2.05) is 6.92 Å². The summed E-state index contributed by atoms with van der Waals surface area (Å²) in [5.74, 6) is -0.982. The number of rotatable bonds is 4. The first-order chi connectivity index (χ1) is 17.7. The second kappa shape index (κ2) is 9.08. The van der Waals surface area contributed by atoms with Gasteiger partial charge in [-0.1, -0.05) is 25.1 Å². The summed E-state index contributed by atoms with van der Waals surface area (Å²) in [5.41, 5.74) is 0.509. The van der Waals surface area contributed by atoms with E-state index in [4.69, 9.17) is 23.7 Å². The molecule has 3 aromatic rings. The van der Waals surface area contributed by atoms with Crippen LogP contribution in [0, 0.1) is 5.92 Å². The van der Waals surface area contributed by atoms with Gasteiger partial charge in [0.2, 0.25) is 18.3 Å². The molecule has 194 valence electrons. The summed E-state index contributed by atoms with van der Waals surface area (Å²) in [7, 11) is 2.83. The Bertz CT molecular complexity index is 1360. The highest BCUT2D eigenvalue weighted by Crippen LogP contribution is 2.58. The van der Waals surface area contributed by atoms with Crippen LogP contribution in [-0.2, 0) is 11.2 Å². The fraction of sp³-hybridized carbons (Fsp3) is 0.321. The Balaban J connectivity index is 1.84. The van der Waals surface area contributed by atoms with Crippen molar-refractivity contribution < 1.29 is 43.8 Å². The van der Waals surface area contributed by atoms with Gasteiger partial charge < -0.3 is 39.0 Å². The zero-order chi connectivity index (χ0) is 26.5. The monoisotopic (exact) mass is 508 g/mol. The maximum absolute atomic E-state index is 13.3. The molecule has 0 saturated heterocycles. The van der Waals surface area contributed by atoms with Gasteiger partial charge in [-0.2, -0.15) is 0 Å². The molecule has 3 N–H and O–H groups in total. The molecule has 5 rings (SSSR count). The molecule has 3 aromatic carbocycles. The fourth-order valence-corrected chi connectivity index (χ4v) is 5.05. The van der Waals surface area contributed by atoms with E-state index in [-0.39, 0.29) is 30.5 Å². The number of phenolic OH excluding ortho intramolecular Hbond substituents is 2. The lowest BCUT2D eigenvalue weighted by atomic mass is 9.73. The van der Waals surface area contributed by atoms with Gasteiger partial charge in [0.1, 0.15) is 5.60 Å². The van der Waals surface area contributed by atoms with Gasteiger partial charge in [-0.3, -0.25) is 0 Å². The maximum Gasteiger partial charge on any atom is 0.338 e. The molecule has 1 aliphatic carbocycles. The number of aromatic hydroxyl groups is 2. The fourth-order valence-electron chi connectivity index (χ4n) is 5.05. The average Bonchev–Trinajstić information content (AvgIpc) is 3.36. The highest BCUT2D eigenvalue weighted by Gasteiger charge is 2.47. The molecule has 0 bridgehead atoms. The van der Waals surface area contributed by atoms with E-state index in [0.717, 1.165) is 0 Å². The summed E-state index contributed by atoms with van der Waals surface area (Å²) in [6.07, 6.45) is -0.925. The van der Waals surface area contributed by atoms with Crippen molar-refractivity contribution in [1.29, 1.82) is 0 Å². The van der Waals surface area contributed by atoms with Crippen LogP contribution < -0.4 is 18.9 Å². The molecule has 37 heavy (non-hydrogen) atoms. The van der Waals surface area contributed by atoms with Gasteiger partial charge in [-0.05, 0) is 49.1 Å². The van der Waals surface area contributed by atoms with Gasteiger partial charge in [0, 0.05) is 16.7 Å². The maximum atomic E-state index is 13.3. The largest absolute Gasteiger partial charge is 0.504 e. The van der Waals surface area contributed by atoms with Gasteiger partial charge in [0.15, 0.2) is 29.1 Å². The number of fused-ring (bicyclic) bond motifs is 4. The van der Waals surface area contributed by atoms with Crippen molar-refractivity contribution >= 4 is 5.97 Å².